The molecule has 2 N–H and O–H groups in total. The molecule has 1 atom stereocenters. The van der Waals surface area contributed by atoms with Gasteiger partial charge in [-0.3, -0.25) is 4.90 Å². The molecule has 1 heterocycles. The summed E-state index contributed by atoms with van der Waals surface area (Å²) >= 11 is 0. The summed E-state index contributed by atoms with van der Waals surface area (Å²) in [5.41, 5.74) is 6.12. The molecule has 1 saturated heterocycles. The lowest BCUT2D eigenvalue weighted by atomic mass is 9.83. The predicted molar refractivity (Wildman–Crippen MR) is 60.9 cm³/mol. The van der Waals surface area contributed by atoms with Crippen LogP contribution in [0.1, 0.15) is 39.5 Å². The molecule has 0 amide bonds. The highest BCUT2D eigenvalue weighted by Gasteiger charge is 2.39. The quantitative estimate of drug-likeness (QED) is 0.689. The maximum absolute atomic E-state index is 6.08. The average Bonchev–Trinajstić information content (AvgIpc) is 2.74. The summed E-state index contributed by atoms with van der Waals surface area (Å²) in [6.45, 7) is 6.71. The summed E-state index contributed by atoms with van der Waals surface area (Å²) in [7, 11) is 0. The lowest BCUT2D eigenvalue weighted by Crippen LogP contribution is -2.58. The van der Waals surface area contributed by atoms with Gasteiger partial charge in [0.1, 0.15) is 0 Å². The SMILES string of the molecule is C#CC(N)C(CC)(CC)N1CCCC1. The van der Waals surface area contributed by atoms with Gasteiger partial charge < -0.3 is 5.73 Å². The number of hydrogen-bond acceptors (Lipinski definition) is 2. The molecule has 0 aliphatic carbocycles. The van der Waals surface area contributed by atoms with Crippen molar-refractivity contribution in [2.45, 2.75) is 51.1 Å². The fourth-order valence-electron chi connectivity index (χ4n) is 2.65. The molecule has 0 bridgehead atoms. The number of likely N-dealkylation sites (tertiary alicyclic amines) is 1. The molecule has 2 heteroatoms. The Labute approximate surface area is 87.8 Å². The fraction of sp³-hybridized carbons (Fsp3) is 0.833. The summed E-state index contributed by atoms with van der Waals surface area (Å²) < 4.78 is 0. The van der Waals surface area contributed by atoms with Gasteiger partial charge in [-0.2, -0.15) is 0 Å². The zero-order valence-corrected chi connectivity index (χ0v) is 9.42. The lowest BCUT2D eigenvalue weighted by Gasteiger charge is -2.43. The second-order valence-electron chi connectivity index (χ2n) is 4.15. The van der Waals surface area contributed by atoms with E-state index in [0.29, 0.717) is 0 Å². The topological polar surface area (TPSA) is 29.3 Å². The van der Waals surface area contributed by atoms with E-state index in [1.54, 1.807) is 0 Å². The highest BCUT2D eigenvalue weighted by atomic mass is 15.2. The third-order valence-electron chi connectivity index (χ3n) is 3.72. The van der Waals surface area contributed by atoms with Gasteiger partial charge in [-0.05, 0) is 38.8 Å². The van der Waals surface area contributed by atoms with Gasteiger partial charge in [0.2, 0.25) is 0 Å². The van der Waals surface area contributed by atoms with Crippen molar-refractivity contribution in [2.24, 2.45) is 5.73 Å². The van der Waals surface area contributed by atoms with Crippen molar-refractivity contribution in [2.75, 3.05) is 13.1 Å². The molecular formula is C12H22N2. The van der Waals surface area contributed by atoms with Crippen molar-refractivity contribution in [3.63, 3.8) is 0 Å². The molecule has 1 fully saturated rings. The van der Waals surface area contributed by atoms with E-state index in [1.807, 2.05) is 0 Å². The van der Waals surface area contributed by atoms with Crippen molar-refractivity contribution >= 4 is 0 Å². The van der Waals surface area contributed by atoms with Crippen LogP contribution in [0.3, 0.4) is 0 Å². The summed E-state index contributed by atoms with van der Waals surface area (Å²) in [4.78, 5) is 2.50. The third-order valence-corrected chi connectivity index (χ3v) is 3.72. The molecule has 14 heavy (non-hydrogen) atoms. The van der Waals surface area contributed by atoms with Crippen LogP contribution >= 0.6 is 0 Å². The first-order chi connectivity index (χ1) is 6.71. The van der Waals surface area contributed by atoms with Crippen LogP contribution in [-0.2, 0) is 0 Å². The standard InChI is InChI=1S/C12H22N2/c1-4-11(13)12(5-2,6-3)14-9-7-8-10-14/h1,11H,5-10,13H2,2-3H3. The average molecular weight is 194 g/mol. The van der Waals surface area contributed by atoms with Crippen LogP contribution in [0.4, 0.5) is 0 Å². The second-order valence-corrected chi connectivity index (χ2v) is 4.15. The Morgan fingerprint density at radius 1 is 1.36 bits per heavy atom. The summed E-state index contributed by atoms with van der Waals surface area (Å²) in [5.74, 6) is 2.72. The van der Waals surface area contributed by atoms with Crippen LogP contribution in [0.15, 0.2) is 0 Å². The largest absolute Gasteiger partial charge is 0.316 e. The van der Waals surface area contributed by atoms with E-state index in [2.05, 4.69) is 24.7 Å². The molecule has 1 unspecified atom stereocenters. The Kier molecular flexibility index (Phi) is 3.97. The van der Waals surface area contributed by atoms with Crippen LogP contribution < -0.4 is 5.73 Å². The number of hydrogen-bond donors (Lipinski definition) is 1. The minimum Gasteiger partial charge on any atom is -0.316 e. The predicted octanol–water partition coefficient (Wildman–Crippen LogP) is 1.60. The molecule has 1 aliphatic rings. The van der Waals surface area contributed by atoms with Crippen LogP contribution in [-0.4, -0.2) is 29.6 Å². The molecule has 0 spiro atoms. The van der Waals surface area contributed by atoms with Gasteiger partial charge in [0, 0.05) is 5.54 Å². The van der Waals surface area contributed by atoms with E-state index in [1.165, 1.54) is 12.8 Å². The normalized spacial score (nSPS) is 20.7. The first-order valence-electron chi connectivity index (χ1n) is 5.68. The zero-order chi connectivity index (χ0) is 10.6. The van der Waals surface area contributed by atoms with E-state index in [0.717, 1.165) is 25.9 Å². The summed E-state index contributed by atoms with van der Waals surface area (Å²) in [5, 5.41) is 0. The molecule has 0 saturated carbocycles. The van der Waals surface area contributed by atoms with E-state index >= 15 is 0 Å². The van der Waals surface area contributed by atoms with Crippen LogP contribution in [0.5, 0.6) is 0 Å². The van der Waals surface area contributed by atoms with Crippen LogP contribution in [0, 0.1) is 12.3 Å². The van der Waals surface area contributed by atoms with Gasteiger partial charge >= 0.3 is 0 Å². The van der Waals surface area contributed by atoms with E-state index in [9.17, 15) is 0 Å². The van der Waals surface area contributed by atoms with Crippen molar-refractivity contribution in [3.8, 4) is 12.3 Å². The maximum atomic E-state index is 6.08. The third kappa shape index (κ3) is 1.80. The van der Waals surface area contributed by atoms with Crippen molar-refractivity contribution in [3.05, 3.63) is 0 Å². The van der Waals surface area contributed by atoms with E-state index in [4.69, 9.17) is 12.2 Å². The first-order valence-corrected chi connectivity index (χ1v) is 5.68. The molecular weight excluding hydrogens is 172 g/mol. The molecule has 0 aromatic rings. The van der Waals surface area contributed by atoms with Crippen LogP contribution in [0.2, 0.25) is 0 Å². The minimum absolute atomic E-state index is 0.0469. The summed E-state index contributed by atoms with van der Waals surface area (Å²) in [6, 6.07) is -0.129. The van der Waals surface area contributed by atoms with E-state index < -0.39 is 0 Å². The van der Waals surface area contributed by atoms with Gasteiger partial charge in [-0.1, -0.05) is 19.8 Å². The zero-order valence-electron chi connectivity index (χ0n) is 9.42. The molecule has 0 radical (unpaired) electrons. The molecule has 80 valence electrons. The molecule has 0 aromatic heterocycles. The minimum atomic E-state index is -0.129. The maximum Gasteiger partial charge on any atom is 0.0848 e. The second kappa shape index (κ2) is 4.82. The number of nitrogens with two attached hydrogens (primary N) is 1. The number of rotatable bonds is 4. The van der Waals surface area contributed by atoms with Crippen molar-refractivity contribution in [1.29, 1.82) is 0 Å². The lowest BCUT2D eigenvalue weighted by molar-refractivity contribution is 0.0947. The van der Waals surface area contributed by atoms with Crippen molar-refractivity contribution < 1.29 is 0 Å². The van der Waals surface area contributed by atoms with E-state index in [-0.39, 0.29) is 11.6 Å². The molecule has 1 aliphatic heterocycles. The van der Waals surface area contributed by atoms with Crippen molar-refractivity contribution in [1.82, 2.24) is 4.90 Å². The Bertz CT molecular complexity index is 207. The smallest absolute Gasteiger partial charge is 0.0848 e. The van der Waals surface area contributed by atoms with Gasteiger partial charge in [0.05, 0.1) is 6.04 Å². The highest BCUT2D eigenvalue weighted by Crippen LogP contribution is 2.30. The monoisotopic (exact) mass is 194 g/mol. The molecule has 2 nitrogen and oxygen atoms in total. The summed E-state index contributed by atoms with van der Waals surface area (Å²) in [6.07, 6.45) is 10.2. The van der Waals surface area contributed by atoms with Gasteiger partial charge in [0.25, 0.3) is 0 Å². The number of nitrogens with zero attached hydrogens (tertiary/aromatic N) is 1. The van der Waals surface area contributed by atoms with Gasteiger partial charge in [0.15, 0.2) is 0 Å². The Morgan fingerprint density at radius 2 is 1.86 bits per heavy atom. The Morgan fingerprint density at radius 3 is 2.21 bits per heavy atom. The molecule has 1 rings (SSSR count). The number of terminal acetylenes is 1. The fourth-order valence-corrected chi connectivity index (χ4v) is 2.65. The Balaban J connectivity index is 2.84. The van der Waals surface area contributed by atoms with Gasteiger partial charge in [-0.25, -0.2) is 0 Å². The van der Waals surface area contributed by atoms with Crippen LogP contribution in [0.25, 0.3) is 0 Å². The highest BCUT2D eigenvalue weighted by molar-refractivity contribution is 5.12. The Hall–Kier alpha value is -0.520. The molecule has 0 aromatic carbocycles. The van der Waals surface area contributed by atoms with Gasteiger partial charge in [-0.15, -0.1) is 6.42 Å². The first kappa shape index (κ1) is 11.6.